The predicted molar refractivity (Wildman–Crippen MR) is 88.1 cm³/mol. The van der Waals surface area contributed by atoms with E-state index in [-0.39, 0.29) is 21.7 Å². The van der Waals surface area contributed by atoms with Crippen LogP contribution in [0.2, 0.25) is 0 Å². The van der Waals surface area contributed by atoms with Crippen molar-refractivity contribution in [3.63, 3.8) is 0 Å². The van der Waals surface area contributed by atoms with Crippen molar-refractivity contribution in [1.29, 1.82) is 0 Å². The topological polar surface area (TPSA) is 62.0 Å². The highest BCUT2D eigenvalue weighted by atomic mass is 32.2. The molecule has 3 rings (SSSR count). The molecule has 2 N–H and O–H groups in total. The van der Waals surface area contributed by atoms with Gasteiger partial charge in [0.05, 0.1) is 5.69 Å². The fourth-order valence-corrected chi connectivity index (χ4v) is 3.34. The molecule has 1 heterocycles. The van der Waals surface area contributed by atoms with Crippen LogP contribution in [0.5, 0.6) is 0 Å². The lowest BCUT2D eigenvalue weighted by atomic mass is 10.1. The Morgan fingerprint density at radius 2 is 1.68 bits per heavy atom. The maximum Gasteiger partial charge on any atom is 0.263 e. The Labute approximate surface area is 142 Å². The standard InChI is InChI=1S/C17H13F3N2O2S/c1-10-6-15(20)17(8-14(10)19)22-25(23,24)11-7-16(21-9-11)12-4-2-3-5-13(12)18/h2-9,21-22H,1H3. The summed E-state index contributed by atoms with van der Waals surface area (Å²) in [6.45, 7) is 1.36. The van der Waals surface area contributed by atoms with Crippen molar-refractivity contribution < 1.29 is 21.6 Å². The van der Waals surface area contributed by atoms with Gasteiger partial charge < -0.3 is 4.98 Å². The third-order valence-corrected chi connectivity index (χ3v) is 4.97. The highest BCUT2D eigenvalue weighted by molar-refractivity contribution is 7.92. The summed E-state index contributed by atoms with van der Waals surface area (Å²) in [5, 5.41) is 0. The maximum absolute atomic E-state index is 13.8. The zero-order chi connectivity index (χ0) is 18.2. The molecule has 0 unspecified atom stereocenters. The summed E-state index contributed by atoms with van der Waals surface area (Å²) in [5.74, 6) is -2.15. The monoisotopic (exact) mass is 366 g/mol. The van der Waals surface area contributed by atoms with E-state index >= 15 is 0 Å². The summed E-state index contributed by atoms with van der Waals surface area (Å²) < 4.78 is 67.9. The number of anilines is 1. The number of aryl methyl sites for hydroxylation is 1. The minimum absolute atomic E-state index is 0.0592. The van der Waals surface area contributed by atoms with Crippen LogP contribution in [0, 0.1) is 24.4 Å². The van der Waals surface area contributed by atoms with Crippen LogP contribution in [0.4, 0.5) is 18.9 Å². The number of aromatic amines is 1. The molecule has 0 aliphatic rings. The third kappa shape index (κ3) is 3.39. The van der Waals surface area contributed by atoms with E-state index in [1.807, 2.05) is 4.72 Å². The molecule has 0 amide bonds. The summed E-state index contributed by atoms with van der Waals surface area (Å²) in [4.78, 5) is 2.43. The molecule has 2 aromatic carbocycles. The summed E-state index contributed by atoms with van der Waals surface area (Å²) in [6.07, 6.45) is 1.15. The van der Waals surface area contributed by atoms with Crippen LogP contribution in [-0.2, 0) is 10.0 Å². The summed E-state index contributed by atoms with van der Waals surface area (Å²) >= 11 is 0. The zero-order valence-electron chi connectivity index (χ0n) is 13.0. The highest BCUT2D eigenvalue weighted by Crippen LogP contribution is 2.26. The Morgan fingerprint density at radius 3 is 2.40 bits per heavy atom. The molecule has 0 saturated carbocycles. The van der Waals surface area contributed by atoms with E-state index in [1.54, 1.807) is 6.07 Å². The number of nitrogens with one attached hydrogen (secondary N) is 2. The average molecular weight is 366 g/mol. The average Bonchev–Trinajstić information content (AvgIpc) is 3.03. The second-order valence-corrected chi connectivity index (χ2v) is 7.10. The second kappa shape index (κ2) is 6.29. The Morgan fingerprint density at radius 1 is 0.960 bits per heavy atom. The molecule has 0 fully saturated rings. The van der Waals surface area contributed by atoms with Gasteiger partial charge in [0.1, 0.15) is 22.3 Å². The largest absolute Gasteiger partial charge is 0.360 e. The van der Waals surface area contributed by atoms with E-state index in [9.17, 15) is 21.6 Å². The number of benzene rings is 2. The van der Waals surface area contributed by atoms with Crippen LogP contribution >= 0.6 is 0 Å². The molecule has 0 radical (unpaired) electrons. The molecule has 0 bridgehead atoms. The lowest BCUT2D eigenvalue weighted by Crippen LogP contribution is -2.13. The fraction of sp³-hybridized carbons (Fsp3) is 0.0588. The number of sulfonamides is 1. The van der Waals surface area contributed by atoms with Gasteiger partial charge in [-0.1, -0.05) is 12.1 Å². The highest BCUT2D eigenvalue weighted by Gasteiger charge is 2.20. The fourth-order valence-electron chi connectivity index (χ4n) is 2.29. The minimum Gasteiger partial charge on any atom is -0.360 e. The summed E-state index contributed by atoms with van der Waals surface area (Å²) in [6, 6.07) is 8.73. The molecule has 0 aliphatic heterocycles. The molecule has 0 spiro atoms. The first kappa shape index (κ1) is 17.1. The van der Waals surface area contributed by atoms with Crippen LogP contribution in [0.3, 0.4) is 0 Å². The minimum atomic E-state index is -4.18. The number of rotatable bonds is 4. The molecule has 0 atom stereocenters. The van der Waals surface area contributed by atoms with Gasteiger partial charge in [-0.25, -0.2) is 21.6 Å². The van der Waals surface area contributed by atoms with Gasteiger partial charge in [0.15, 0.2) is 0 Å². The van der Waals surface area contributed by atoms with Gasteiger partial charge in [0, 0.05) is 23.5 Å². The predicted octanol–water partition coefficient (Wildman–Crippen LogP) is 4.21. The van der Waals surface area contributed by atoms with E-state index in [2.05, 4.69) is 4.98 Å². The Hall–Kier alpha value is -2.74. The van der Waals surface area contributed by atoms with Gasteiger partial charge in [-0.3, -0.25) is 4.72 Å². The van der Waals surface area contributed by atoms with Crippen molar-refractivity contribution in [3.05, 3.63) is 71.7 Å². The van der Waals surface area contributed by atoms with Crippen LogP contribution in [0.1, 0.15) is 5.56 Å². The maximum atomic E-state index is 13.8. The van der Waals surface area contributed by atoms with Gasteiger partial charge in [-0.05, 0) is 36.8 Å². The number of H-pyrrole nitrogens is 1. The normalized spacial score (nSPS) is 11.5. The summed E-state index contributed by atoms with van der Waals surface area (Å²) in [5.41, 5.74) is -0.00813. The van der Waals surface area contributed by atoms with E-state index < -0.39 is 33.2 Å². The third-order valence-electron chi connectivity index (χ3n) is 3.62. The molecule has 3 aromatic rings. The van der Waals surface area contributed by atoms with E-state index in [0.29, 0.717) is 0 Å². The smallest absolute Gasteiger partial charge is 0.263 e. The van der Waals surface area contributed by atoms with Crippen molar-refractivity contribution in [2.75, 3.05) is 4.72 Å². The molecular formula is C17H13F3N2O2S. The first-order chi connectivity index (χ1) is 11.8. The zero-order valence-corrected chi connectivity index (χ0v) is 13.8. The van der Waals surface area contributed by atoms with Crippen molar-refractivity contribution >= 4 is 15.7 Å². The number of halogens is 3. The molecule has 4 nitrogen and oxygen atoms in total. The molecule has 1 aromatic heterocycles. The van der Waals surface area contributed by atoms with Crippen LogP contribution < -0.4 is 4.72 Å². The Bertz CT molecular complexity index is 1050. The molecule has 0 saturated heterocycles. The first-order valence-electron chi connectivity index (χ1n) is 7.20. The first-order valence-corrected chi connectivity index (χ1v) is 8.68. The van der Waals surface area contributed by atoms with Crippen molar-refractivity contribution in [1.82, 2.24) is 4.98 Å². The molecule has 8 heteroatoms. The van der Waals surface area contributed by atoms with Gasteiger partial charge >= 0.3 is 0 Å². The van der Waals surface area contributed by atoms with Gasteiger partial charge in [0.25, 0.3) is 10.0 Å². The van der Waals surface area contributed by atoms with Gasteiger partial charge in [-0.15, -0.1) is 0 Å². The number of aromatic nitrogens is 1. The Kier molecular flexibility index (Phi) is 4.30. The van der Waals surface area contributed by atoms with Crippen molar-refractivity contribution in [3.8, 4) is 11.3 Å². The summed E-state index contributed by atoms with van der Waals surface area (Å²) in [7, 11) is -4.18. The van der Waals surface area contributed by atoms with Crippen molar-refractivity contribution in [2.24, 2.45) is 0 Å². The lowest BCUT2D eigenvalue weighted by molar-refractivity contribution is 0.590. The van der Waals surface area contributed by atoms with Crippen LogP contribution in [-0.4, -0.2) is 13.4 Å². The van der Waals surface area contributed by atoms with Gasteiger partial charge in [0.2, 0.25) is 0 Å². The van der Waals surface area contributed by atoms with E-state index in [1.165, 1.54) is 31.2 Å². The Balaban J connectivity index is 1.94. The van der Waals surface area contributed by atoms with E-state index in [4.69, 9.17) is 0 Å². The van der Waals surface area contributed by atoms with Gasteiger partial charge in [-0.2, -0.15) is 0 Å². The van der Waals surface area contributed by atoms with E-state index in [0.717, 1.165) is 18.3 Å². The number of hydrogen-bond donors (Lipinski definition) is 2. The molecule has 25 heavy (non-hydrogen) atoms. The second-order valence-electron chi connectivity index (χ2n) is 5.42. The quantitative estimate of drug-likeness (QED) is 0.727. The lowest BCUT2D eigenvalue weighted by Gasteiger charge is -2.08. The van der Waals surface area contributed by atoms with Crippen molar-refractivity contribution in [2.45, 2.75) is 11.8 Å². The SMILES string of the molecule is Cc1cc(F)c(NS(=O)(=O)c2c[nH]c(-c3ccccc3F)c2)cc1F. The number of hydrogen-bond acceptors (Lipinski definition) is 2. The molecule has 0 aliphatic carbocycles. The molecular weight excluding hydrogens is 353 g/mol. The molecule has 130 valence electrons. The van der Waals surface area contributed by atoms with Crippen LogP contribution in [0.15, 0.2) is 53.6 Å². The van der Waals surface area contributed by atoms with Crippen LogP contribution in [0.25, 0.3) is 11.3 Å².